The number of nitro groups is 1. The molecular weight excluding hydrogens is 661 g/mol. The number of ether oxygens (including phenoxy) is 2. The van der Waals surface area contributed by atoms with E-state index < -0.39 is 16.1 Å². The summed E-state index contributed by atoms with van der Waals surface area (Å²) in [5.74, 6) is 0.113. The first kappa shape index (κ1) is 28.6. The second-order valence-electron chi connectivity index (χ2n) is 9.35. The Labute approximate surface area is 253 Å². The Hall–Kier alpha value is -3.91. The summed E-state index contributed by atoms with van der Waals surface area (Å²) in [6, 6.07) is 17.5. The number of amides is 3. The molecule has 0 aromatic heterocycles. The van der Waals surface area contributed by atoms with Gasteiger partial charge in [0.1, 0.15) is 13.2 Å². The van der Waals surface area contributed by atoms with Crippen LogP contribution >= 0.6 is 34.4 Å². The molecule has 0 aliphatic carbocycles. The maximum Gasteiger partial charge on any atom is 0.294 e. The van der Waals surface area contributed by atoms with E-state index in [4.69, 9.17) is 9.47 Å². The van der Waals surface area contributed by atoms with E-state index in [2.05, 4.69) is 22.6 Å². The fourth-order valence-corrected chi connectivity index (χ4v) is 6.18. The molecule has 0 atom stereocenters. The molecule has 3 aromatic rings. The minimum atomic E-state index is -0.516. The second kappa shape index (κ2) is 12.3. The number of hydrogen-bond acceptors (Lipinski definition) is 8. The van der Waals surface area contributed by atoms with Crippen LogP contribution in [0.25, 0.3) is 6.08 Å². The monoisotopic (exact) mass is 685 g/mol. The maximum atomic E-state index is 13.1. The average Bonchev–Trinajstić information content (AvgIpc) is 3.23. The first-order valence-electron chi connectivity index (χ1n) is 12.6. The number of methoxy groups -OCH3 is 1. The van der Waals surface area contributed by atoms with Crippen molar-refractivity contribution in [3.63, 3.8) is 0 Å². The first-order chi connectivity index (χ1) is 19.7. The van der Waals surface area contributed by atoms with Gasteiger partial charge in [0.05, 0.1) is 20.5 Å². The Morgan fingerprint density at radius 1 is 1.12 bits per heavy atom. The van der Waals surface area contributed by atoms with Gasteiger partial charge in [-0.05, 0) is 93.4 Å². The lowest BCUT2D eigenvalue weighted by atomic mass is 10.00. The maximum absolute atomic E-state index is 13.1. The summed E-state index contributed by atoms with van der Waals surface area (Å²) in [6.07, 6.45) is 2.33. The predicted octanol–water partition coefficient (Wildman–Crippen LogP) is 5.41. The van der Waals surface area contributed by atoms with Crippen molar-refractivity contribution in [1.82, 2.24) is 9.80 Å². The van der Waals surface area contributed by atoms with Crippen LogP contribution in [0.3, 0.4) is 0 Å². The number of imide groups is 1. The fourth-order valence-electron chi connectivity index (χ4n) is 4.56. The van der Waals surface area contributed by atoms with Crippen LogP contribution in [0.4, 0.5) is 10.5 Å². The number of nitro benzene ring substituents is 1. The highest BCUT2D eigenvalue weighted by Gasteiger charge is 2.37. The van der Waals surface area contributed by atoms with E-state index in [0.717, 1.165) is 34.2 Å². The number of thioether (sulfide) groups is 1. The molecule has 210 valence electrons. The third-order valence-corrected chi connectivity index (χ3v) is 8.44. The van der Waals surface area contributed by atoms with Crippen LogP contribution in [0.5, 0.6) is 11.5 Å². The van der Waals surface area contributed by atoms with E-state index in [0.29, 0.717) is 33.7 Å². The van der Waals surface area contributed by atoms with Crippen LogP contribution in [0.15, 0.2) is 65.6 Å². The number of halogens is 1. The Morgan fingerprint density at radius 2 is 1.85 bits per heavy atom. The van der Waals surface area contributed by atoms with E-state index in [1.165, 1.54) is 24.8 Å². The zero-order chi connectivity index (χ0) is 29.1. The molecule has 1 fully saturated rings. The van der Waals surface area contributed by atoms with Crippen LogP contribution < -0.4 is 9.47 Å². The molecule has 2 aliphatic rings. The van der Waals surface area contributed by atoms with E-state index in [-0.39, 0.29) is 29.7 Å². The standard InChI is InChI=1S/C29H24IN3O7S/c1-39-24-13-19(12-23(30)27(24)40-17-18-6-8-22(9-7-18)33(37)38)14-25-28(35)32(29(36)41-25)16-26(34)31-11-10-20-4-2-3-5-21(20)15-31/h2-9,12-14H,10-11,15-17H2,1H3/b25-14-. The smallest absolute Gasteiger partial charge is 0.294 e. The summed E-state index contributed by atoms with van der Waals surface area (Å²) in [6.45, 7) is 0.857. The molecule has 2 aliphatic heterocycles. The number of fused-ring (bicyclic) bond motifs is 1. The van der Waals surface area contributed by atoms with Crippen LogP contribution in [-0.4, -0.2) is 52.0 Å². The Bertz CT molecular complexity index is 1580. The largest absolute Gasteiger partial charge is 0.493 e. The van der Waals surface area contributed by atoms with Gasteiger partial charge >= 0.3 is 0 Å². The van der Waals surface area contributed by atoms with Crippen LogP contribution in [0, 0.1) is 13.7 Å². The van der Waals surface area contributed by atoms with Gasteiger partial charge in [0.2, 0.25) is 5.91 Å². The molecule has 5 rings (SSSR count). The van der Waals surface area contributed by atoms with Crippen molar-refractivity contribution in [3.8, 4) is 11.5 Å². The average molecular weight is 685 g/mol. The van der Waals surface area contributed by atoms with Crippen molar-refractivity contribution >= 4 is 63.2 Å². The van der Waals surface area contributed by atoms with Gasteiger partial charge in [-0.25, -0.2) is 0 Å². The lowest BCUT2D eigenvalue weighted by Crippen LogP contribution is -2.44. The zero-order valence-electron chi connectivity index (χ0n) is 21.9. The van der Waals surface area contributed by atoms with Gasteiger partial charge in [0.15, 0.2) is 11.5 Å². The first-order valence-corrected chi connectivity index (χ1v) is 14.5. The quantitative estimate of drug-likeness (QED) is 0.134. The van der Waals surface area contributed by atoms with Crippen molar-refractivity contribution in [2.24, 2.45) is 0 Å². The number of nitrogens with zero attached hydrogens (tertiary/aromatic N) is 3. The minimum Gasteiger partial charge on any atom is -0.493 e. The molecule has 0 radical (unpaired) electrons. The zero-order valence-corrected chi connectivity index (χ0v) is 24.8. The van der Waals surface area contributed by atoms with Crippen LogP contribution in [-0.2, 0) is 29.2 Å². The second-order valence-corrected chi connectivity index (χ2v) is 11.5. The number of carbonyl (C=O) groups is 3. The summed E-state index contributed by atoms with van der Waals surface area (Å²) >= 11 is 2.88. The highest BCUT2D eigenvalue weighted by molar-refractivity contribution is 14.1. The molecule has 41 heavy (non-hydrogen) atoms. The molecule has 2 heterocycles. The summed E-state index contributed by atoms with van der Waals surface area (Å²) in [7, 11) is 1.49. The van der Waals surface area contributed by atoms with Crippen molar-refractivity contribution in [2.45, 2.75) is 19.6 Å². The van der Waals surface area contributed by atoms with Gasteiger partial charge in [0, 0.05) is 25.2 Å². The minimum absolute atomic E-state index is 0.00341. The van der Waals surface area contributed by atoms with Crippen molar-refractivity contribution < 1.29 is 28.8 Å². The van der Waals surface area contributed by atoms with Gasteiger partial charge in [-0.3, -0.25) is 29.4 Å². The molecule has 3 aromatic carbocycles. The van der Waals surface area contributed by atoms with Gasteiger partial charge in [-0.15, -0.1) is 0 Å². The lowest BCUT2D eigenvalue weighted by molar-refractivity contribution is -0.384. The van der Waals surface area contributed by atoms with Gasteiger partial charge in [-0.1, -0.05) is 24.3 Å². The van der Waals surface area contributed by atoms with E-state index in [9.17, 15) is 24.5 Å². The van der Waals surface area contributed by atoms with E-state index >= 15 is 0 Å². The Kier molecular flexibility index (Phi) is 8.59. The van der Waals surface area contributed by atoms with Gasteiger partial charge in [0.25, 0.3) is 16.8 Å². The number of rotatable bonds is 8. The Balaban J connectivity index is 1.26. The third-order valence-electron chi connectivity index (χ3n) is 6.73. The molecule has 0 N–H and O–H groups in total. The van der Waals surface area contributed by atoms with E-state index in [1.54, 1.807) is 35.2 Å². The van der Waals surface area contributed by atoms with Crippen LogP contribution in [0.2, 0.25) is 0 Å². The Morgan fingerprint density at radius 3 is 2.56 bits per heavy atom. The summed E-state index contributed by atoms with van der Waals surface area (Å²) in [5.41, 5.74) is 3.65. The molecule has 3 amide bonds. The van der Waals surface area contributed by atoms with Crippen molar-refractivity contribution in [2.75, 3.05) is 20.2 Å². The highest BCUT2D eigenvalue weighted by Crippen LogP contribution is 2.38. The highest BCUT2D eigenvalue weighted by atomic mass is 127. The molecular formula is C29H24IN3O7S. The number of carbonyl (C=O) groups excluding carboxylic acids is 3. The topological polar surface area (TPSA) is 119 Å². The van der Waals surface area contributed by atoms with Gasteiger partial charge < -0.3 is 14.4 Å². The van der Waals surface area contributed by atoms with Gasteiger partial charge in [-0.2, -0.15) is 0 Å². The van der Waals surface area contributed by atoms with Crippen molar-refractivity contribution in [3.05, 3.63) is 102 Å². The number of benzene rings is 3. The van der Waals surface area contributed by atoms with Crippen molar-refractivity contribution in [1.29, 1.82) is 0 Å². The number of hydrogen-bond donors (Lipinski definition) is 0. The molecule has 1 saturated heterocycles. The molecule has 0 bridgehead atoms. The third kappa shape index (κ3) is 6.38. The molecule has 0 spiro atoms. The SMILES string of the molecule is COc1cc(/C=C2\SC(=O)N(CC(=O)N3CCc4ccccc4C3)C2=O)cc(I)c1OCc1ccc([N+](=O)[O-])cc1. The molecule has 10 nitrogen and oxygen atoms in total. The molecule has 0 unspecified atom stereocenters. The summed E-state index contributed by atoms with van der Waals surface area (Å²) in [4.78, 5) is 52.1. The number of non-ortho nitro benzene ring substituents is 1. The van der Waals surface area contributed by atoms with E-state index in [1.807, 2.05) is 24.3 Å². The van der Waals surface area contributed by atoms with Crippen LogP contribution in [0.1, 0.15) is 22.3 Å². The molecule has 0 saturated carbocycles. The summed E-state index contributed by atoms with van der Waals surface area (Å²) in [5, 5.41) is 10.4. The summed E-state index contributed by atoms with van der Waals surface area (Å²) < 4.78 is 12.2. The molecule has 12 heteroatoms. The normalized spacial score (nSPS) is 15.7. The lowest BCUT2D eigenvalue weighted by Gasteiger charge is -2.29. The fraction of sp³-hybridized carbons (Fsp3) is 0.207. The predicted molar refractivity (Wildman–Crippen MR) is 161 cm³/mol.